The minimum atomic E-state index is -1.20. The van der Waals surface area contributed by atoms with Crippen molar-refractivity contribution in [3.05, 3.63) is 29.3 Å². The van der Waals surface area contributed by atoms with Gasteiger partial charge in [-0.2, -0.15) is 17.2 Å². The van der Waals surface area contributed by atoms with Crippen LogP contribution >= 0.6 is 0 Å². The standard InChI is InChI=1S/C12H17O3.W/c1-9-4-5-11(6-10(9)2)15-8-12(3,14)7-13;/h4,6,13-14H,7-8H2,1-3H3;/q-1;. The normalized spacial score (nSPS) is 13.8. The summed E-state index contributed by atoms with van der Waals surface area (Å²) in [7, 11) is 0. The van der Waals surface area contributed by atoms with Crippen molar-refractivity contribution in [1.29, 1.82) is 0 Å². The SMILES string of the molecule is Cc1c[c-]c(OCC(C)(O)CO)cc1C.[W]. The number of rotatable bonds is 4. The van der Waals surface area contributed by atoms with Crippen LogP contribution < -0.4 is 4.74 Å². The Morgan fingerprint density at radius 2 is 2.00 bits per heavy atom. The summed E-state index contributed by atoms with van der Waals surface area (Å²) >= 11 is 0. The molecule has 2 N–H and O–H groups in total. The fourth-order valence-electron chi connectivity index (χ4n) is 1.01. The van der Waals surface area contributed by atoms with Gasteiger partial charge in [0.25, 0.3) is 0 Å². The van der Waals surface area contributed by atoms with Crippen molar-refractivity contribution in [2.75, 3.05) is 13.2 Å². The summed E-state index contributed by atoms with van der Waals surface area (Å²) in [4.78, 5) is 0. The molecule has 0 saturated heterocycles. The molecule has 4 heteroatoms. The summed E-state index contributed by atoms with van der Waals surface area (Å²) in [6.07, 6.45) is 0. The smallest absolute Gasteiger partial charge is 0.119 e. The van der Waals surface area contributed by atoms with Crippen molar-refractivity contribution in [3.63, 3.8) is 0 Å². The van der Waals surface area contributed by atoms with E-state index in [-0.39, 0.29) is 34.3 Å². The predicted octanol–water partition coefficient (Wildman–Crippen LogP) is 1.22. The van der Waals surface area contributed by atoms with Gasteiger partial charge in [0.15, 0.2) is 0 Å². The Labute approximate surface area is 111 Å². The average molecular weight is 393 g/mol. The Bertz CT molecular complexity index is 337. The molecule has 90 valence electrons. The van der Waals surface area contributed by atoms with E-state index in [1.54, 1.807) is 0 Å². The molecular formula is C12H17O3W-. The third kappa shape index (κ3) is 4.65. The first-order chi connectivity index (χ1) is 6.94. The molecule has 0 aliphatic heterocycles. The minimum absolute atomic E-state index is 0. The van der Waals surface area contributed by atoms with Crippen LogP contribution in [0.2, 0.25) is 0 Å². The van der Waals surface area contributed by atoms with Gasteiger partial charge in [-0.1, -0.05) is 13.8 Å². The van der Waals surface area contributed by atoms with Crippen LogP contribution in [0.25, 0.3) is 0 Å². The van der Waals surface area contributed by atoms with Crippen LogP contribution in [0.3, 0.4) is 0 Å². The molecule has 1 aromatic carbocycles. The molecule has 0 aliphatic carbocycles. The summed E-state index contributed by atoms with van der Waals surface area (Å²) in [5, 5.41) is 18.4. The number of aryl methyl sites for hydroxylation is 2. The van der Waals surface area contributed by atoms with Gasteiger partial charge in [-0.25, -0.2) is 0 Å². The van der Waals surface area contributed by atoms with Crippen molar-refractivity contribution < 1.29 is 36.0 Å². The molecule has 0 bridgehead atoms. The van der Waals surface area contributed by atoms with Gasteiger partial charge in [0.1, 0.15) is 12.2 Å². The Balaban J connectivity index is 0.00000225. The second-order valence-electron chi connectivity index (χ2n) is 4.11. The summed E-state index contributed by atoms with van der Waals surface area (Å²) < 4.78 is 5.33. The Morgan fingerprint density at radius 3 is 2.50 bits per heavy atom. The van der Waals surface area contributed by atoms with Crippen LogP contribution in [0.15, 0.2) is 12.1 Å². The molecular weight excluding hydrogens is 376 g/mol. The first-order valence-corrected chi connectivity index (χ1v) is 4.89. The fraction of sp³-hybridized carbons (Fsp3) is 0.500. The molecule has 1 atom stereocenters. The fourth-order valence-corrected chi connectivity index (χ4v) is 1.01. The number of hydrogen-bond donors (Lipinski definition) is 2. The van der Waals surface area contributed by atoms with E-state index in [4.69, 9.17) is 9.84 Å². The summed E-state index contributed by atoms with van der Waals surface area (Å²) in [5.74, 6) is 0.590. The molecule has 1 rings (SSSR count). The van der Waals surface area contributed by atoms with Crippen molar-refractivity contribution in [2.24, 2.45) is 0 Å². The predicted molar refractivity (Wildman–Crippen MR) is 58.0 cm³/mol. The Morgan fingerprint density at radius 1 is 1.38 bits per heavy atom. The third-order valence-corrected chi connectivity index (χ3v) is 2.28. The Hall–Kier alpha value is -0.372. The van der Waals surface area contributed by atoms with E-state index in [0.717, 1.165) is 11.1 Å². The van der Waals surface area contributed by atoms with Crippen molar-refractivity contribution >= 4 is 0 Å². The number of benzene rings is 1. The molecule has 0 heterocycles. The Kier molecular flexibility index (Phi) is 6.24. The van der Waals surface area contributed by atoms with E-state index in [1.807, 2.05) is 26.0 Å². The quantitative estimate of drug-likeness (QED) is 0.757. The first kappa shape index (κ1) is 15.6. The molecule has 0 saturated carbocycles. The van der Waals surface area contributed by atoms with Gasteiger partial charge in [0, 0.05) is 26.8 Å². The summed E-state index contributed by atoms with van der Waals surface area (Å²) in [6.45, 7) is 5.24. The zero-order valence-electron chi connectivity index (χ0n) is 9.78. The molecule has 1 unspecified atom stereocenters. The molecule has 0 radical (unpaired) electrons. The van der Waals surface area contributed by atoms with Crippen LogP contribution in [-0.2, 0) is 21.1 Å². The number of hydrogen-bond acceptors (Lipinski definition) is 3. The monoisotopic (exact) mass is 393 g/mol. The molecule has 0 fully saturated rings. The van der Waals surface area contributed by atoms with Crippen LogP contribution in [0.4, 0.5) is 0 Å². The van der Waals surface area contributed by atoms with E-state index in [1.165, 1.54) is 6.92 Å². The van der Waals surface area contributed by atoms with Gasteiger partial charge >= 0.3 is 0 Å². The second-order valence-corrected chi connectivity index (χ2v) is 4.11. The molecule has 3 nitrogen and oxygen atoms in total. The number of aliphatic hydroxyl groups excluding tert-OH is 1. The van der Waals surface area contributed by atoms with Gasteiger partial charge in [0.2, 0.25) is 0 Å². The van der Waals surface area contributed by atoms with Gasteiger partial charge in [-0.3, -0.25) is 0 Å². The van der Waals surface area contributed by atoms with Crippen LogP contribution in [0.1, 0.15) is 18.1 Å². The number of aliphatic hydroxyl groups is 2. The van der Waals surface area contributed by atoms with Crippen LogP contribution in [0.5, 0.6) is 5.75 Å². The molecule has 0 aliphatic rings. The molecule has 1 aromatic rings. The maximum Gasteiger partial charge on any atom is 0.119 e. The summed E-state index contributed by atoms with van der Waals surface area (Å²) in [5.41, 5.74) is 1.07. The van der Waals surface area contributed by atoms with E-state index < -0.39 is 5.60 Å². The largest absolute Gasteiger partial charge is 0.516 e. The van der Waals surface area contributed by atoms with Crippen molar-refractivity contribution in [3.8, 4) is 5.75 Å². The van der Waals surface area contributed by atoms with Crippen molar-refractivity contribution in [2.45, 2.75) is 26.4 Å². The third-order valence-electron chi connectivity index (χ3n) is 2.28. The van der Waals surface area contributed by atoms with Gasteiger partial charge in [0.05, 0.1) is 6.61 Å². The summed E-state index contributed by atoms with van der Waals surface area (Å²) in [6, 6.07) is 6.67. The average Bonchev–Trinajstić information content (AvgIpc) is 2.20. The second kappa shape index (κ2) is 6.38. The van der Waals surface area contributed by atoms with E-state index in [2.05, 4.69) is 6.07 Å². The van der Waals surface area contributed by atoms with Gasteiger partial charge in [-0.15, -0.1) is 12.1 Å². The molecule has 16 heavy (non-hydrogen) atoms. The zero-order valence-corrected chi connectivity index (χ0v) is 12.7. The van der Waals surface area contributed by atoms with Crippen LogP contribution in [-0.4, -0.2) is 29.0 Å². The maximum atomic E-state index is 9.52. The van der Waals surface area contributed by atoms with E-state index in [9.17, 15) is 5.11 Å². The minimum Gasteiger partial charge on any atom is -0.516 e. The first-order valence-electron chi connectivity index (χ1n) is 4.89. The molecule has 0 spiro atoms. The number of ether oxygens (including phenoxy) is 1. The topological polar surface area (TPSA) is 49.7 Å². The van der Waals surface area contributed by atoms with Gasteiger partial charge < -0.3 is 14.9 Å². The van der Waals surface area contributed by atoms with E-state index >= 15 is 0 Å². The maximum absolute atomic E-state index is 9.52. The van der Waals surface area contributed by atoms with Crippen molar-refractivity contribution in [1.82, 2.24) is 0 Å². The van der Waals surface area contributed by atoms with E-state index in [0.29, 0.717) is 5.75 Å². The molecule has 0 aromatic heterocycles. The van der Waals surface area contributed by atoms with Crippen LogP contribution in [0, 0.1) is 19.9 Å². The zero-order chi connectivity index (χ0) is 11.5. The molecule has 0 amide bonds. The van der Waals surface area contributed by atoms with Gasteiger partial charge in [-0.05, 0) is 6.92 Å².